The maximum Gasteiger partial charge on any atom is 0.306 e. The molecule has 0 saturated heterocycles. The summed E-state index contributed by atoms with van der Waals surface area (Å²) in [5.41, 5.74) is 3.59. The molecular weight excluding hydrogens is 384 g/mol. The van der Waals surface area contributed by atoms with Gasteiger partial charge in [0.25, 0.3) is 0 Å². The average molecular weight is 421 g/mol. The van der Waals surface area contributed by atoms with Gasteiger partial charge in [-0.1, -0.05) is 19.9 Å². The standard InChI is InChI=1S/C24H36O4S/c1-23(12-5-15-27-3)13-11-22-21-8-6-17-16-18(28-29(4,25)26)7-9-19(17)20(21)10-14-24(22,23)2/h7,9,16,20-22H,5-6,8,10-15H2,1-4H3/t20-,21-,22+,23+,24+/m1/s1. The summed E-state index contributed by atoms with van der Waals surface area (Å²) in [6.45, 7) is 5.98. The molecule has 2 saturated carbocycles. The van der Waals surface area contributed by atoms with Crippen LogP contribution < -0.4 is 4.18 Å². The van der Waals surface area contributed by atoms with Crippen molar-refractivity contribution in [2.75, 3.05) is 20.0 Å². The lowest BCUT2D eigenvalue weighted by atomic mass is 9.50. The van der Waals surface area contributed by atoms with Crippen molar-refractivity contribution in [1.82, 2.24) is 0 Å². The normalized spacial score (nSPS) is 36.2. The van der Waals surface area contributed by atoms with Gasteiger partial charge in [-0.05, 0) is 103 Å². The monoisotopic (exact) mass is 420 g/mol. The molecule has 3 aliphatic carbocycles. The summed E-state index contributed by atoms with van der Waals surface area (Å²) in [7, 11) is -1.67. The predicted octanol–water partition coefficient (Wildman–Crippen LogP) is 5.31. The summed E-state index contributed by atoms with van der Waals surface area (Å²) in [4.78, 5) is 0. The predicted molar refractivity (Wildman–Crippen MR) is 116 cm³/mol. The Hall–Kier alpha value is -1.07. The van der Waals surface area contributed by atoms with Crippen molar-refractivity contribution >= 4 is 10.1 Å². The minimum atomic E-state index is -3.48. The highest BCUT2D eigenvalue weighted by atomic mass is 32.2. The fourth-order valence-corrected chi connectivity index (χ4v) is 7.62. The lowest BCUT2D eigenvalue weighted by Crippen LogP contribution is -2.46. The summed E-state index contributed by atoms with van der Waals surface area (Å²) in [6.07, 6.45) is 11.0. The van der Waals surface area contributed by atoms with Gasteiger partial charge in [-0.25, -0.2) is 0 Å². The van der Waals surface area contributed by atoms with Crippen LogP contribution in [0, 0.1) is 22.7 Å². The number of fused-ring (bicyclic) bond motifs is 5. The Bertz CT molecular complexity index is 864. The first-order valence-electron chi connectivity index (χ1n) is 11.2. The number of hydrogen-bond donors (Lipinski definition) is 0. The van der Waals surface area contributed by atoms with E-state index in [2.05, 4.69) is 19.9 Å². The van der Waals surface area contributed by atoms with Crippen LogP contribution in [0.25, 0.3) is 0 Å². The van der Waals surface area contributed by atoms with E-state index in [1.54, 1.807) is 7.11 Å². The molecular formula is C24H36O4S. The van der Waals surface area contributed by atoms with Gasteiger partial charge < -0.3 is 8.92 Å². The molecule has 5 heteroatoms. The molecule has 4 nitrogen and oxygen atoms in total. The van der Waals surface area contributed by atoms with E-state index >= 15 is 0 Å². The number of methoxy groups -OCH3 is 1. The zero-order valence-corrected chi connectivity index (χ0v) is 19.2. The van der Waals surface area contributed by atoms with E-state index in [1.807, 2.05) is 12.1 Å². The van der Waals surface area contributed by atoms with Gasteiger partial charge in [0.05, 0.1) is 6.26 Å². The Morgan fingerprint density at radius 1 is 1.14 bits per heavy atom. The highest BCUT2D eigenvalue weighted by Crippen LogP contribution is 2.68. The van der Waals surface area contributed by atoms with Gasteiger partial charge >= 0.3 is 10.1 Å². The van der Waals surface area contributed by atoms with Crippen molar-refractivity contribution in [1.29, 1.82) is 0 Å². The summed E-state index contributed by atoms with van der Waals surface area (Å²) in [5, 5.41) is 0. The third kappa shape index (κ3) is 3.74. The van der Waals surface area contributed by atoms with Gasteiger partial charge in [-0.15, -0.1) is 0 Å². The van der Waals surface area contributed by atoms with Crippen molar-refractivity contribution < 1.29 is 17.3 Å². The average Bonchev–Trinajstić information content (AvgIpc) is 2.92. The van der Waals surface area contributed by atoms with Crippen LogP contribution in [-0.4, -0.2) is 28.4 Å². The third-order valence-corrected chi connectivity index (χ3v) is 9.29. The van der Waals surface area contributed by atoms with Crippen molar-refractivity contribution in [3.05, 3.63) is 29.3 Å². The van der Waals surface area contributed by atoms with E-state index in [4.69, 9.17) is 8.92 Å². The van der Waals surface area contributed by atoms with Crippen LogP contribution in [0.2, 0.25) is 0 Å². The zero-order chi connectivity index (χ0) is 20.9. The molecule has 0 unspecified atom stereocenters. The van der Waals surface area contributed by atoms with E-state index in [-0.39, 0.29) is 0 Å². The minimum absolute atomic E-state index is 0.425. The SMILES string of the molecule is COCCC[C@@]1(C)CC[C@H]2[C@@H]3CCc4cc(OS(C)(=O)=O)ccc4[C@H]3CC[C@@]21C. The van der Waals surface area contributed by atoms with Gasteiger partial charge in [-0.2, -0.15) is 8.42 Å². The number of benzene rings is 1. The van der Waals surface area contributed by atoms with E-state index in [0.717, 1.165) is 37.5 Å². The van der Waals surface area contributed by atoms with Crippen LogP contribution in [-0.2, 0) is 21.3 Å². The van der Waals surface area contributed by atoms with Crippen LogP contribution in [0.3, 0.4) is 0 Å². The molecule has 5 atom stereocenters. The Balaban J connectivity index is 1.56. The molecule has 0 heterocycles. The fourth-order valence-electron chi connectivity index (χ4n) is 7.16. The largest absolute Gasteiger partial charge is 0.385 e. The molecule has 0 radical (unpaired) electrons. The lowest BCUT2D eigenvalue weighted by Gasteiger charge is -2.54. The quantitative estimate of drug-likeness (QED) is 0.462. The fraction of sp³-hybridized carbons (Fsp3) is 0.750. The number of aryl methyl sites for hydroxylation is 1. The first kappa shape index (κ1) is 21.2. The molecule has 4 rings (SSSR count). The first-order chi connectivity index (χ1) is 13.7. The minimum Gasteiger partial charge on any atom is -0.385 e. The van der Waals surface area contributed by atoms with Crippen molar-refractivity contribution in [3.8, 4) is 5.75 Å². The van der Waals surface area contributed by atoms with Gasteiger partial charge in [0.2, 0.25) is 0 Å². The molecule has 0 N–H and O–H groups in total. The van der Waals surface area contributed by atoms with Crippen LogP contribution in [0.5, 0.6) is 5.75 Å². The van der Waals surface area contributed by atoms with Crippen molar-refractivity contribution in [3.63, 3.8) is 0 Å². The van der Waals surface area contributed by atoms with E-state index in [0.29, 0.717) is 22.5 Å². The van der Waals surface area contributed by atoms with Crippen LogP contribution in [0.15, 0.2) is 18.2 Å². The maximum atomic E-state index is 11.5. The van der Waals surface area contributed by atoms with Crippen molar-refractivity contribution in [2.24, 2.45) is 22.7 Å². The highest BCUT2D eigenvalue weighted by molar-refractivity contribution is 7.86. The van der Waals surface area contributed by atoms with Crippen LogP contribution >= 0.6 is 0 Å². The first-order valence-corrected chi connectivity index (χ1v) is 13.0. The Morgan fingerprint density at radius 3 is 2.66 bits per heavy atom. The second-order valence-electron chi connectivity index (χ2n) is 10.2. The molecule has 1 aromatic carbocycles. The summed E-state index contributed by atoms with van der Waals surface area (Å²) >= 11 is 0. The Labute approximate surface area is 176 Å². The Morgan fingerprint density at radius 2 is 1.93 bits per heavy atom. The molecule has 162 valence electrons. The second-order valence-corrected chi connectivity index (χ2v) is 11.8. The molecule has 29 heavy (non-hydrogen) atoms. The van der Waals surface area contributed by atoms with Gasteiger partial charge in [-0.3, -0.25) is 0 Å². The second kappa shape index (κ2) is 7.56. The smallest absolute Gasteiger partial charge is 0.306 e. The van der Waals surface area contributed by atoms with E-state index in [1.165, 1.54) is 49.7 Å². The molecule has 0 aromatic heterocycles. The lowest BCUT2D eigenvalue weighted by molar-refractivity contribution is -0.0253. The summed E-state index contributed by atoms with van der Waals surface area (Å²) in [6, 6.07) is 5.95. The maximum absolute atomic E-state index is 11.5. The Kier molecular flexibility index (Phi) is 5.52. The zero-order valence-electron chi connectivity index (χ0n) is 18.4. The number of ether oxygens (including phenoxy) is 1. The molecule has 0 amide bonds. The molecule has 0 bridgehead atoms. The highest BCUT2D eigenvalue weighted by Gasteiger charge is 2.59. The van der Waals surface area contributed by atoms with Crippen LogP contribution in [0.1, 0.15) is 75.8 Å². The number of hydrogen-bond acceptors (Lipinski definition) is 4. The van der Waals surface area contributed by atoms with Crippen molar-refractivity contribution in [2.45, 2.75) is 71.1 Å². The third-order valence-electron chi connectivity index (χ3n) is 8.80. The molecule has 0 aliphatic heterocycles. The van der Waals surface area contributed by atoms with Gasteiger partial charge in [0.15, 0.2) is 0 Å². The number of rotatable bonds is 6. The van der Waals surface area contributed by atoms with E-state index < -0.39 is 10.1 Å². The topological polar surface area (TPSA) is 52.6 Å². The molecule has 0 spiro atoms. The molecule has 2 fully saturated rings. The summed E-state index contributed by atoms with van der Waals surface area (Å²) in [5.74, 6) is 2.63. The molecule has 1 aromatic rings. The molecule has 3 aliphatic rings. The van der Waals surface area contributed by atoms with Crippen LogP contribution in [0.4, 0.5) is 0 Å². The van der Waals surface area contributed by atoms with Gasteiger partial charge in [0.1, 0.15) is 5.75 Å². The summed E-state index contributed by atoms with van der Waals surface area (Å²) < 4.78 is 33.4. The van der Waals surface area contributed by atoms with Gasteiger partial charge in [0, 0.05) is 13.7 Å². The van der Waals surface area contributed by atoms with E-state index in [9.17, 15) is 8.42 Å².